The average molecular weight is 311 g/mol. The van der Waals surface area contributed by atoms with Crippen LogP contribution in [0, 0.1) is 0 Å². The Morgan fingerprint density at radius 2 is 1.91 bits per heavy atom. The second-order valence-electron chi connectivity index (χ2n) is 4.85. The molecular weight excluding hydrogens is 294 g/mol. The van der Waals surface area contributed by atoms with E-state index in [0.717, 1.165) is 5.56 Å². The van der Waals surface area contributed by atoms with Crippen LogP contribution in [0.4, 0.5) is 5.95 Å². The van der Waals surface area contributed by atoms with Gasteiger partial charge in [-0.05, 0) is 29.8 Å². The number of nitrogens with two attached hydrogens (primary N) is 1. The lowest BCUT2D eigenvalue weighted by atomic mass is 10.1. The minimum absolute atomic E-state index is 0.214. The minimum atomic E-state index is 0.214. The Morgan fingerprint density at radius 1 is 1.09 bits per heavy atom. The van der Waals surface area contributed by atoms with Crippen molar-refractivity contribution >= 4 is 5.95 Å². The molecule has 7 nitrogen and oxygen atoms in total. The summed E-state index contributed by atoms with van der Waals surface area (Å²) >= 11 is 0. The fourth-order valence-electron chi connectivity index (χ4n) is 2.31. The highest BCUT2D eigenvalue weighted by molar-refractivity contribution is 5.44. The molecule has 2 N–H and O–H groups in total. The number of nitrogens with zero attached hydrogens (tertiary/aromatic N) is 4. The van der Waals surface area contributed by atoms with Crippen molar-refractivity contribution in [2.45, 2.75) is 6.42 Å². The number of anilines is 1. The molecule has 0 unspecified atom stereocenters. The van der Waals surface area contributed by atoms with Gasteiger partial charge in [0.1, 0.15) is 5.82 Å². The summed E-state index contributed by atoms with van der Waals surface area (Å²) in [5, 5.41) is 4.22. The second kappa shape index (κ2) is 6.35. The van der Waals surface area contributed by atoms with Gasteiger partial charge in [0, 0.05) is 12.6 Å². The molecule has 0 saturated carbocycles. The number of methoxy groups -OCH3 is 2. The van der Waals surface area contributed by atoms with Crippen LogP contribution < -0.4 is 15.2 Å². The lowest BCUT2D eigenvalue weighted by molar-refractivity contribution is 0.354. The number of aromatic nitrogens is 4. The number of hydrogen-bond acceptors (Lipinski definition) is 6. The Balaban J connectivity index is 1.95. The maximum absolute atomic E-state index is 5.76. The van der Waals surface area contributed by atoms with Gasteiger partial charge in [0.25, 0.3) is 0 Å². The van der Waals surface area contributed by atoms with Gasteiger partial charge >= 0.3 is 0 Å². The first kappa shape index (κ1) is 14.8. The van der Waals surface area contributed by atoms with Crippen molar-refractivity contribution in [1.29, 1.82) is 0 Å². The maximum Gasteiger partial charge on any atom is 0.240 e. The van der Waals surface area contributed by atoms with E-state index in [1.54, 1.807) is 25.1 Å². The maximum atomic E-state index is 5.76. The quantitative estimate of drug-likeness (QED) is 0.773. The van der Waals surface area contributed by atoms with Gasteiger partial charge in [-0.15, -0.1) is 5.10 Å². The molecule has 1 aromatic carbocycles. The molecule has 0 saturated heterocycles. The van der Waals surface area contributed by atoms with Crippen molar-refractivity contribution in [2.75, 3.05) is 20.0 Å². The predicted molar refractivity (Wildman–Crippen MR) is 85.9 cm³/mol. The van der Waals surface area contributed by atoms with Crippen molar-refractivity contribution in [3.8, 4) is 17.3 Å². The van der Waals surface area contributed by atoms with Gasteiger partial charge in [0.15, 0.2) is 17.3 Å². The van der Waals surface area contributed by atoms with Crippen molar-refractivity contribution in [1.82, 2.24) is 19.7 Å². The van der Waals surface area contributed by atoms with Crippen molar-refractivity contribution in [3.05, 3.63) is 54.0 Å². The zero-order valence-electron chi connectivity index (χ0n) is 12.9. The molecule has 0 radical (unpaired) electrons. The molecule has 0 aliphatic heterocycles. The van der Waals surface area contributed by atoms with Gasteiger partial charge in [-0.25, -0.2) is 4.98 Å². The van der Waals surface area contributed by atoms with Crippen molar-refractivity contribution in [3.63, 3.8) is 0 Å². The number of ether oxygens (including phenoxy) is 2. The van der Waals surface area contributed by atoms with E-state index in [1.165, 1.54) is 0 Å². The lowest BCUT2D eigenvalue weighted by Gasteiger charge is -2.09. The highest BCUT2D eigenvalue weighted by atomic mass is 16.5. The van der Waals surface area contributed by atoms with Gasteiger partial charge in [-0.1, -0.05) is 12.1 Å². The number of pyridine rings is 1. The molecule has 3 aromatic rings. The zero-order chi connectivity index (χ0) is 16.2. The Labute approximate surface area is 133 Å². The first-order valence-electron chi connectivity index (χ1n) is 7.05. The summed E-state index contributed by atoms with van der Waals surface area (Å²) in [7, 11) is 3.21. The first-order chi connectivity index (χ1) is 11.2. The second-order valence-corrected chi connectivity index (χ2v) is 4.85. The van der Waals surface area contributed by atoms with Crippen molar-refractivity contribution in [2.24, 2.45) is 0 Å². The molecule has 2 aromatic heterocycles. The molecular formula is C16H17N5O2. The van der Waals surface area contributed by atoms with E-state index < -0.39 is 0 Å². The van der Waals surface area contributed by atoms with Crippen LogP contribution in [0.15, 0.2) is 42.6 Å². The third-order valence-electron chi connectivity index (χ3n) is 3.37. The van der Waals surface area contributed by atoms with E-state index in [-0.39, 0.29) is 5.95 Å². The topological polar surface area (TPSA) is 88.1 Å². The molecule has 23 heavy (non-hydrogen) atoms. The minimum Gasteiger partial charge on any atom is -0.493 e. The van der Waals surface area contributed by atoms with E-state index in [2.05, 4.69) is 15.1 Å². The van der Waals surface area contributed by atoms with Crippen LogP contribution >= 0.6 is 0 Å². The molecule has 0 fully saturated rings. The molecule has 118 valence electrons. The summed E-state index contributed by atoms with van der Waals surface area (Å²) in [6.07, 6.45) is 2.24. The summed E-state index contributed by atoms with van der Waals surface area (Å²) in [4.78, 5) is 8.58. The normalized spacial score (nSPS) is 10.5. The molecule has 0 amide bonds. The van der Waals surface area contributed by atoms with Crippen LogP contribution in [-0.4, -0.2) is 34.0 Å². The zero-order valence-corrected chi connectivity index (χ0v) is 12.9. The van der Waals surface area contributed by atoms with Gasteiger partial charge in [-0.3, -0.25) is 0 Å². The van der Waals surface area contributed by atoms with Gasteiger partial charge in [0.05, 0.1) is 14.2 Å². The van der Waals surface area contributed by atoms with Crippen LogP contribution in [0.1, 0.15) is 11.4 Å². The van der Waals surface area contributed by atoms with Crippen LogP contribution in [0.25, 0.3) is 5.82 Å². The Bertz CT molecular complexity index is 801. The van der Waals surface area contributed by atoms with E-state index >= 15 is 0 Å². The summed E-state index contributed by atoms with van der Waals surface area (Å²) < 4.78 is 12.2. The lowest BCUT2D eigenvalue weighted by Crippen LogP contribution is -2.06. The molecule has 7 heteroatoms. The van der Waals surface area contributed by atoms with E-state index in [4.69, 9.17) is 15.2 Å². The molecule has 0 bridgehead atoms. The van der Waals surface area contributed by atoms with Crippen LogP contribution in [-0.2, 0) is 6.42 Å². The number of benzene rings is 1. The van der Waals surface area contributed by atoms with Gasteiger partial charge < -0.3 is 15.2 Å². The Morgan fingerprint density at radius 3 is 2.61 bits per heavy atom. The summed E-state index contributed by atoms with van der Waals surface area (Å²) in [5.74, 6) is 2.94. The smallest absolute Gasteiger partial charge is 0.240 e. The average Bonchev–Trinajstić information content (AvgIpc) is 2.96. The summed E-state index contributed by atoms with van der Waals surface area (Å²) in [6, 6.07) is 11.3. The van der Waals surface area contributed by atoms with Crippen molar-refractivity contribution < 1.29 is 9.47 Å². The Hall–Kier alpha value is -3.09. The summed E-state index contributed by atoms with van der Waals surface area (Å²) in [6.45, 7) is 0. The van der Waals surface area contributed by atoms with Crippen LogP contribution in [0.2, 0.25) is 0 Å². The predicted octanol–water partition coefficient (Wildman–Crippen LogP) is 1.85. The van der Waals surface area contributed by atoms with E-state index in [1.807, 2.05) is 36.4 Å². The number of hydrogen-bond donors (Lipinski definition) is 1. The van der Waals surface area contributed by atoms with Gasteiger partial charge in [-0.2, -0.15) is 9.67 Å². The highest BCUT2D eigenvalue weighted by Gasteiger charge is 2.13. The molecule has 0 atom stereocenters. The fraction of sp³-hybridized carbons (Fsp3) is 0.188. The Kier molecular flexibility index (Phi) is 4.09. The molecule has 0 aliphatic carbocycles. The van der Waals surface area contributed by atoms with E-state index in [9.17, 15) is 0 Å². The van der Waals surface area contributed by atoms with Crippen LogP contribution in [0.5, 0.6) is 11.5 Å². The molecule has 2 heterocycles. The standard InChI is InChI=1S/C16H17N5O2/c1-22-12-7-6-11(9-13(12)23-2)10-15-19-16(17)20-21(15)14-5-3-4-8-18-14/h3-9H,10H2,1-2H3,(H2,17,20). The van der Waals surface area contributed by atoms with Gasteiger partial charge in [0.2, 0.25) is 5.95 Å². The highest BCUT2D eigenvalue weighted by Crippen LogP contribution is 2.28. The SMILES string of the molecule is COc1ccc(Cc2nc(N)nn2-c2ccccn2)cc1OC. The monoisotopic (exact) mass is 311 g/mol. The molecule has 0 spiro atoms. The molecule has 3 rings (SSSR count). The fourth-order valence-corrected chi connectivity index (χ4v) is 2.31. The van der Waals surface area contributed by atoms with Crippen LogP contribution in [0.3, 0.4) is 0 Å². The summed E-state index contributed by atoms with van der Waals surface area (Å²) in [5.41, 5.74) is 6.76. The first-order valence-corrected chi connectivity index (χ1v) is 7.05. The number of rotatable bonds is 5. The van der Waals surface area contributed by atoms with E-state index in [0.29, 0.717) is 29.6 Å². The molecule has 0 aliphatic rings. The third kappa shape index (κ3) is 3.08. The third-order valence-corrected chi connectivity index (χ3v) is 3.37. The largest absolute Gasteiger partial charge is 0.493 e. The number of nitrogen functional groups attached to an aromatic ring is 1.